The lowest BCUT2D eigenvalue weighted by atomic mass is 10.2. The zero-order valence-electron chi connectivity index (χ0n) is 20.3. The van der Waals surface area contributed by atoms with Crippen LogP contribution in [0.3, 0.4) is 0 Å². The van der Waals surface area contributed by atoms with Gasteiger partial charge in [-0.3, -0.25) is 14.1 Å². The van der Waals surface area contributed by atoms with Crippen LogP contribution in [0, 0.1) is 0 Å². The number of hydrogen-bond acceptors (Lipinski definition) is 7. The smallest absolute Gasteiger partial charge is 0.308 e. The van der Waals surface area contributed by atoms with Gasteiger partial charge in [0.2, 0.25) is 10.0 Å². The third-order valence-electron chi connectivity index (χ3n) is 6.35. The van der Waals surface area contributed by atoms with E-state index >= 15 is 0 Å². The Balaban J connectivity index is 1.48. The SMILES string of the molecule is COc1ccc(S(=O)(=O)N2CCCC2)cc1NS(=O)(=O)c1ccc2c(c1)sc(=O)n2Cc1ccccc1Cl. The average molecular weight is 594 g/mol. The number of ether oxygens (including phenoxy) is 1. The van der Waals surface area contributed by atoms with E-state index in [2.05, 4.69) is 4.72 Å². The van der Waals surface area contributed by atoms with Gasteiger partial charge in [-0.25, -0.2) is 16.8 Å². The van der Waals surface area contributed by atoms with Crippen LogP contribution in [0.1, 0.15) is 18.4 Å². The van der Waals surface area contributed by atoms with Crippen LogP contribution in [0.2, 0.25) is 5.02 Å². The average Bonchev–Trinajstić information content (AvgIpc) is 3.54. The van der Waals surface area contributed by atoms with Crippen molar-refractivity contribution in [3.05, 3.63) is 80.9 Å². The van der Waals surface area contributed by atoms with Crippen LogP contribution in [0.25, 0.3) is 10.2 Å². The molecule has 1 N–H and O–H groups in total. The third-order valence-corrected chi connectivity index (χ3v) is 10.9. The van der Waals surface area contributed by atoms with E-state index in [0.29, 0.717) is 28.3 Å². The van der Waals surface area contributed by atoms with E-state index < -0.39 is 20.0 Å². The van der Waals surface area contributed by atoms with Crippen molar-refractivity contribution in [2.24, 2.45) is 0 Å². The molecule has 1 aliphatic heterocycles. The van der Waals surface area contributed by atoms with Gasteiger partial charge in [0.15, 0.2) is 0 Å². The quantitative estimate of drug-likeness (QED) is 0.325. The number of nitrogens with zero attached hydrogens (tertiary/aromatic N) is 2. The maximum atomic E-state index is 13.3. The monoisotopic (exact) mass is 593 g/mol. The molecule has 0 saturated carbocycles. The van der Waals surface area contributed by atoms with E-state index in [-0.39, 0.29) is 32.6 Å². The molecule has 0 atom stereocenters. The molecule has 1 saturated heterocycles. The Morgan fingerprint density at radius 2 is 1.68 bits per heavy atom. The number of fused-ring (bicyclic) bond motifs is 1. The Kier molecular flexibility index (Phi) is 7.27. The van der Waals surface area contributed by atoms with Crippen molar-refractivity contribution < 1.29 is 21.6 Å². The normalized spacial score (nSPS) is 14.7. The summed E-state index contributed by atoms with van der Waals surface area (Å²) in [7, 11) is -6.55. The first-order valence-electron chi connectivity index (χ1n) is 11.7. The number of hydrogen-bond donors (Lipinski definition) is 1. The minimum absolute atomic E-state index is 0.00246. The molecule has 38 heavy (non-hydrogen) atoms. The lowest BCUT2D eigenvalue weighted by Crippen LogP contribution is -2.28. The highest BCUT2D eigenvalue weighted by atomic mass is 35.5. The van der Waals surface area contributed by atoms with E-state index in [1.54, 1.807) is 22.8 Å². The second-order valence-corrected chi connectivity index (χ2v) is 13.8. The second kappa shape index (κ2) is 10.3. The molecular weight excluding hydrogens is 570 g/mol. The number of rotatable bonds is 8. The number of methoxy groups -OCH3 is 1. The van der Waals surface area contributed by atoms with E-state index in [9.17, 15) is 21.6 Å². The topological polar surface area (TPSA) is 115 Å². The molecule has 4 aromatic rings. The third kappa shape index (κ3) is 5.06. The molecule has 200 valence electrons. The summed E-state index contributed by atoms with van der Waals surface area (Å²) >= 11 is 7.19. The number of aromatic nitrogens is 1. The fraction of sp³-hybridized carbons (Fsp3) is 0.240. The highest BCUT2D eigenvalue weighted by Gasteiger charge is 2.28. The van der Waals surface area contributed by atoms with Gasteiger partial charge in [-0.1, -0.05) is 41.1 Å². The van der Waals surface area contributed by atoms with Gasteiger partial charge >= 0.3 is 4.87 Å². The first kappa shape index (κ1) is 26.7. The molecule has 0 bridgehead atoms. The van der Waals surface area contributed by atoms with E-state index in [4.69, 9.17) is 16.3 Å². The molecule has 0 amide bonds. The van der Waals surface area contributed by atoms with E-state index in [1.165, 1.54) is 41.7 Å². The summed E-state index contributed by atoms with van der Waals surface area (Å²) in [5.74, 6) is 0.172. The molecule has 0 aliphatic carbocycles. The Morgan fingerprint density at radius 3 is 2.39 bits per heavy atom. The molecule has 1 aliphatic rings. The lowest BCUT2D eigenvalue weighted by Gasteiger charge is -2.18. The summed E-state index contributed by atoms with van der Waals surface area (Å²) in [6.45, 7) is 1.10. The molecule has 0 unspecified atom stereocenters. The van der Waals surface area contributed by atoms with E-state index in [0.717, 1.165) is 29.7 Å². The standard InChI is InChI=1S/C25H24ClN3O6S3/c1-35-23-11-9-19(38(33,34)28-12-4-5-13-28)14-21(23)27-37(31,32)18-8-10-22-24(15-18)36-25(30)29(22)16-17-6-2-3-7-20(17)26/h2-3,6-11,14-15,27H,4-5,12-13,16H2,1H3. The second-order valence-electron chi connectivity index (χ2n) is 8.75. The molecular formula is C25H24ClN3O6S3. The number of anilines is 1. The van der Waals surface area contributed by atoms with Crippen molar-refractivity contribution in [2.75, 3.05) is 24.9 Å². The van der Waals surface area contributed by atoms with Gasteiger partial charge in [0.25, 0.3) is 10.0 Å². The van der Waals surface area contributed by atoms with Crippen molar-refractivity contribution >= 4 is 58.9 Å². The van der Waals surface area contributed by atoms with Crippen LogP contribution >= 0.6 is 22.9 Å². The summed E-state index contributed by atoms with van der Waals surface area (Å²) in [4.78, 5) is 12.4. The molecule has 13 heteroatoms. The number of halogens is 1. The zero-order valence-corrected chi connectivity index (χ0v) is 23.5. The maximum absolute atomic E-state index is 13.3. The van der Waals surface area contributed by atoms with Crippen LogP contribution in [0.4, 0.5) is 5.69 Å². The Hall–Kier alpha value is -2.90. The molecule has 0 radical (unpaired) electrons. The summed E-state index contributed by atoms with van der Waals surface area (Å²) < 4.78 is 63.9. The summed E-state index contributed by atoms with van der Waals surface area (Å²) in [5, 5.41) is 0.532. The highest BCUT2D eigenvalue weighted by molar-refractivity contribution is 7.92. The summed E-state index contributed by atoms with van der Waals surface area (Å²) in [5.41, 5.74) is 1.35. The lowest BCUT2D eigenvalue weighted by molar-refractivity contribution is 0.416. The minimum Gasteiger partial charge on any atom is -0.495 e. The first-order valence-corrected chi connectivity index (χ1v) is 15.8. The van der Waals surface area contributed by atoms with Crippen LogP contribution in [0.5, 0.6) is 5.75 Å². The molecule has 1 aromatic heterocycles. The first-order chi connectivity index (χ1) is 18.1. The number of nitrogens with one attached hydrogen (secondary N) is 1. The predicted molar refractivity (Wildman–Crippen MR) is 148 cm³/mol. The van der Waals surface area contributed by atoms with Gasteiger partial charge < -0.3 is 4.74 Å². The van der Waals surface area contributed by atoms with Crippen LogP contribution in [-0.4, -0.2) is 45.9 Å². The Morgan fingerprint density at radius 1 is 0.974 bits per heavy atom. The summed E-state index contributed by atoms with van der Waals surface area (Å²) in [6.07, 6.45) is 1.56. The van der Waals surface area contributed by atoms with E-state index in [1.807, 2.05) is 12.1 Å². The van der Waals surface area contributed by atoms with Gasteiger partial charge in [0.1, 0.15) is 5.75 Å². The maximum Gasteiger partial charge on any atom is 0.308 e. The number of thiazole rings is 1. The Labute approximate surface area is 229 Å². The Bertz CT molecular complexity index is 1790. The van der Waals surface area contributed by atoms with Crippen molar-refractivity contribution in [1.82, 2.24) is 8.87 Å². The van der Waals surface area contributed by atoms with Gasteiger partial charge in [0, 0.05) is 18.1 Å². The van der Waals surface area contributed by atoms with Crippen LogP contribution in [0.15, 0.2) is 75.2 Å². The largest absolute Gasteiger partial charge is 0.495 e. The molecule has 0 spiro atoms. The van der Waals surface area contributed by atoms with Gasteiger partial charge in [-0.15, -0.1) is 0 Å². The zero-order chi connectivity index (χ0) is 27.1. The minimum atomic E-state index is -4.15. The highest BCUT2D eigenvalue weighted by Crippen LogP contribution is 2.32. The predicted octanol–water partition coefficient (Wildman–Crippen LogP) is 4.36. The number of sulfonamides is 2. The molecule has 9 nitrogen and oxygen atoms in total. The van der Waals surface area contributed by atoms with Gasteiger partial charge in [0.05, 0.1) is 39.3 Å². The van der Waals surface area contributed by atoms with Crippen molar-refractivity contribution in [2.45, 2.75) is 29.2 Å². The van der Waals surface area contributed by atoms with Crippen molar-refractivity contribution in [3.8, 4) is 5.75 Å². The molecule has 2 heterocycles. The van der Waals surface area contributed by atoms with Gasteiger partial charge in [-0.2, -0.15) is 4.31 Å². The fourth-order valence-corrected chi connectivity index (χ4v) is 8.20. The van der Waals surface area contributed by atoms with Crippen molar-refractivity contribution in [3.63, 3.8) is 0 Å². The summed E-state index contributed by atoms with van der Waals surface area (Å²) in [6, 6.07) is 15.7. The van der Waals surface area contributed by atoms with Gasteiger partial charge in [-0.05, 0) is 60.9 Å². The fourth-order valence-electron chi connectivity index (χ4n) is 4.37. The molecule has 3 aromatic carbocycles. The van der Waals surface area contributed by atoms with Crippen LogP contribution in [-0.2, 0) is 26.6 Å². The van der Waals surface area contributed by atoms with Crippen molar-refractivity contribution in [1.29, 1.82) is 0 Å². The molecule has 5 rings (SSSR count). The number of benzene rings is 3. The van der Waals surface area contributed by atoms with Crippen LogP contribution < -0.4 is 14.3 Å². The molecule has 1 fully saturated rings.